The number of rotatable bonds is 4. The van der Waals surface area contributed by atoms with Crippen LogP contribution in [0.1, 0.15) is 5.69 Å². The van der Waals surface area contributed by atoms with E-state index in [1.165, 1.54) is 47.3 Å². The molecule has 0 aliphatic carbocycles. The van der Waals surface area contributed by atoms with E-state index in [1.807, 2.05) is 0 Å². The van der Waals surface area contributed by atoms with E-state index >= 15 is 0 Å². The molecule has 0 aliphatic heterocycles. The Kier molecular flexibility index (Phi) is 3.58. The van der Waals surface area contributed by atoms with Gasteiger partial charge in [0.25, 0.3) is 5.69 Å². The number of benzene rings is 1. The van der Waals surface area contributed by atoms with Gasteiger partial charge in [-0.05, 0) is 12.1 Å². The van der Waals surface area contributed by atoms with Crippen molar-refractivity contribution in [3.8, 4) is 17.4 Å². The molecule has 0 unspecified atom stereocenters. The molecule has 3 aromatic rings. The summed E-state index contributed by atoms with van der Waals surface area (Å²) in [5, 5.41) is 28.1. The molecule has 10 heteroatoms. The second-order valence-electron chi connectivity index (χ2n) is 3.99. The number of aliphatic imine (C=N–C) groups is 1. The Hall–Kier alpha value is -3.14. The van der Waals surface area contributed by atoms with Crippen LogP contribution in [0.3, 0.4) is 0 Å². The summed E-state index contributed by atoms with van der Waals surface area (Å²) in [7, 11) is 0. The molecule has 0 aliphatic rings. The Balaban J connectivity index is 1.86. The van der Waals surface area contributed by atoms with Crippen LogP contribution < -0.4 is 0 Å². The number of nitro benzene ring substituents is 1. The zero-order valence-corrected chi connectivity index (χ0v) is 11.6. The van der Waals surface area contributed by atoms with E-state index in [0.717, 1.165) is 0 Å². The van der Waals surface area contributed by atoms with Gasteiger partial charge in [-0.15, -0.1) is 10.2 Å². The third-order valence-corrected chi connectivity index (χ3v) is 3.20. The molecule has 0 atom stereocenters. The van der Waals surface area contributed by atoms with Crippen molar-refractivity contribution in [1.29, 1.82) is 0 Å². The minimum absolute atomic E-state index is 0.0439. The Morgan fingerprint density at radius 2 is 2.14 bits per heavy atom. The van der Waals surface area contributed by atoms with Crippen molar-refractivity contribution in [3.63, 3.8) is 0 Å². The van der Waals surface area contributed by atoms with Crippen LogP contribution in [0.15, 0.2) is 39.2 Å². The van der Waals surface area contributed by atoms with Gasteiger partial charge in [-0.2, -0.15) is 0 Å². The predicted octanol–water partition coefficient (Wildman–Crippen LogP) is 2.56. The SMILES string of the molecule is O=[N+]([O-])c1ccc(-c2nc(/C=N/c3nncs3)c(O)o2)cc1. The molecule has 0 spiro atoms. The first kappa shape index (κ1) is 13.8. The Labute approximate surface area is 126 Å². The summed E-state index contributed by atoms with van der Waals surface area (Å²) in [6, 6.07) is 5.61. The largest absolute Gasteiger partial charge is 0.479 e. The molecule has 0 radical (unpaired) electrons. The van der Waals surface area contributed by atoms with Crippen molar-refractivity contribution in [2.45, 2.75) is 0 Å². The van der Waals surface area contributed by atoms with E-state index in [0.29, 0.717) is 10.7 Å². The molecule has 0 fully saturated rings. The van der Waals surface area contributed by atoms with Crippen LogP contribution in [0.2, 0.25) is 0 Å². The molecule has 0 saturated heterocycles. The van der Waals surface area contributed by atoms with E-state index in [1.54, 1.807) is 0 Å². The monoisotopic (exact) mass is 317 g/mol. The summed E-state index contributed by atoms with van der Waals surface area (Å²) in [5.74, 6) is -0.271. The molecule has 0 bridgehead atoms. The van der Waals surface area contributed by atoms with E-state index in [2.05, 4.69) is 20.2 Å². The van der Waals surface area contributed by atoms with Gasteiger partial charge < -0.3 is 9.52 Å². The van der Waals surface area contributed by atoms with Crippen molar-refractivity contribution < 1.29 is 14.4 Å². The Morgan fingerprint density at radius 1 is 1.36 bits per heavy atom. The van der Waals surface area contributed by atoms with E-state index in [9.17, 15) is 15.2 Å². The molecule has 3 rings (SSSR count). The molecule has 110 valence electrons. The molecule has 0 saturated carbocycles. The number of hydrogen-bond donors (Lipinski definition) is 1. The molecule has 2 heterocycles. The Morgan fingerprint density at radius 3 is 2.77 bits per heavy atom. The molecule has 1 N–H and O–H groups in total. The first-order valence-corrected chi connectivity index (χ1v) is 6.76. The second-order valence-corrected chi connectivity index (χ2v) is 4.80. The summed E-state index contributed by atoms with van der Waals surface area (Å²) >= 11 is 1.23. The molecular formula is C12H7N5O4S. The highest BCUT2D eigenvalue weighted by molar-refractivity contribution is 7.13. The highest BCUT2D eigenvalue weighted by Gasteiger charge is 2.14. The third-order valence-electron chi connectivity index (χ3n) is 2.61. The smallest absolute Gasteiger partial charge is 0.312 e. The number of nitrogens with zero attached hydrogens (tertiary/aromatic N) is 5. The Bertz CT molecular complexity index is 826. The van der Waals surface area contributed by atoms with Gasteiger partial charge in [0.15, 0.2) is 5.69 Å². The summed E-state index contributed by atoms with van der Waals surface area (Å²) in [4.78, 5) is 18.2. The summed E-state index contributed by atoms with van der Waals surface area (Å²) in [6.45, 7) is 0. The highest BCUT2D eigenvalue weighted by Crippen LogP contribution is 2.27. The van der Waals surface area contributed by atoms with Crippen molar-refractivity contribution >= 4 is 28.4 Å². The predicted molar refractivity (Wildman–Crippen MR) is 77.4 cm³/mol. The lowest BCUT2D eigenvalue weighted by Crippen LogP contribution is -1.87. The summed E-state index contributed by atoms with van der Waals surface area (Å²) in [6.07, 6.45) is 1.30. The van der Waals surface area contributed by atoms with Crippen LogP contribution in [0.25, 0.3) is 11.5 Å². The van der Waals surface area contributed by atoms with E-state index < -0.39 is 10.9 Å². The van der Waals surface area contributed by atoms with E-state index in [4.69, 9.17) is 4.42 Å². The topological polar surface area (TPSA) is 128 Å². The highest BCUT2D eigenvalue weighted by atomic mass is 32.1. The number of aromatic hydroxyl groups is 1. The van der Waals surface area contributed by atoms with Crippen LogP contribution >= 0.6 is 11.3 Å². The first-order chi connectivity index (χ1) is 10.6. The number of aromatic nitrogens is 3. The number of oxazole rings is 1. The van der Waals surface area contributed by atoms with Crippen LogP contribution in [0.4, 0.5) is 10.8 Å². The second kappa shape index (κ2) is 5.69. The molecule has 1 aromatic carbocycles. The number of non-ortho nitro benzene ring substituents is 1. The number of nitro groups is 1. The average molecular weight is 317 g/mol. The average Bonchev–Trinajstić information content (AvgIpc) is 3.15. The van der Waals surface area contributed by atoms with Gasteiger partial charge in [0, 0.05) is 17.7 Å². The van der Waals surface area contributed by atoms with Crippen LogP contribution in [-0.4, -0.2) is 31.4 Å². The molecule has 22 heavy (non-hydrogen) atoms. The zero-order chi connectivity index (χ0) is 15.5. The molecule has 2 aromatic heterocycles. The van der Waals surface area contributed by atoms with Crippen LogP contribution in [0.5, 0.6) is 5.95 Å². The first-order valence-electron chi connectivity index (χ1n) is 5.88. The summed E-state index contributed by atoms with van der Waals surface area (Å²) < 4.78 is 5.12. The van der Waals surface area contributed by atoms with Crippen molar-refractivity contribution in [2.24, 2.45) is 4.99 Å². The van der Waals surface area contributed by atoms with Gasteiger partial charge >= 0.3 is 5.95 Å². The maximum Gasteiger partial charge on any atom is 0.312 e. The van der Waals surface area contributed by atoms with Crippen molar-refractivity contribution in [1.82, 2.24) is 15.2 Å². The lowest BCUT2D eigenvalue weighted by atomic mass is 10.2. The fraction of sp³-hybridized carbons (Fsp3) is 0. The lowest BCUT2D eigenvalue weighted by molar-refractivity contribution is -0.384. The van der Waals surface area contributed by atoms with Gasteiger partial charge in [0.1, 0.15) is 5.51 Å². The van der Waals surface area contributed by atoms with E-state index in [-0.39, 0.29) is 17.3 Å². The quantitative estimate of drug-likeness (QED) is 0.445. The lowest BCUT2D eigenvalue weighted by Gasteiger charge is -1.94. The zero-order valence-electron chi connectivity index (χ0n) is 10.8. The number of hydrogen-bond acceptors (Lipinski definition) is 9. The van der Waals surface area contributed by atoms with Gasteiger partial charge in [0.2, 0.25) is 11.0 Å². The molecular weight excluding hydrogens is 310 g/mol. The van der Waals surface area contributed by atoms with Gasteiger partial charge in [-0.1, -0.05) is 11.3 Å². The molecule has 0 amide bonds. The fourth-order valence-electron chi connectivity index (χ4n) is 1.60. The van der Waals surface area contributed by atoms with Crippen LogP contribution in [0, 0.1) is 10.1 Å². The van der Waals surface area contributed by atoms with Crippen LogP contribution in [-0.2, 0) is 0 Å². The molecule has 9 nitrogen and oxygen atoms in total. The van der Waals surface area contributed by atoms with Crippen molar-refractivity contribution in [3.05, 3.63) is 45.6 Å². The fourth-order valence-corrected chi connectivity index (χ4v) is 1.99. The van der Waals surface area contributed by atoms with Gasteiger partial charge in [0.05, 0.1) is 11.1 Å². The van der Waals surface area contributed by atoms with Gasteiger partial charge in [-0.25, -0.2) is 9.98 Å². The van der Waals surface area contributed by atoms with Gasteiger partial charge in [-0.3, -0.25) is 10.1 Å². The minimum atomic E-state index is -0.503. The standard InChI is InChI=1S/C12H7N5O4S/c18-11-9(5-13-12-16-14-6-22-12)15-10(21-11)7-1-3-8(4-2-7)17(19)20/h1-6,18H/b13-5+. The normalized spacial score (nSPS) is 11.1. The third kappa shape index (κ3) is 2.81. The maximum absolute atomic E-state index is 10.6. The summed E-state index contributed by atoms with van der Waals surface area (Å²) in [5.41, 5.74) is 2.11. The maximum atomic E-state index is 10.6. The minimum Gasteiger partial charge on any atom is -0.479 e. The van der Waals surface area contributed by atoms with Crippen molar-refractivity contribution in [2.75, 3.05) is 0 Å².